The smallest absolute Gasteiger partial charge is 0.343 e. The molecule has 0 saturated carbocycles. The molecule has 0 radical (unpaired) electrons. The average molecular weight is 313 g/mol. The van der Waals surface area contributed by atoms with Crippen LogP contribution in [-0.2, 0) is 9.53 Å². The first-order valence-electron chi connectivity index (χ1n) is 5.91. The van der Waals surface area contributed by atoms with Gasteiger partial charge in [-0.25, -0.2) is 19.6 Å². The van der Waals surface area contributed by atoms with Gasteiger partial charge in [-0.2, -0.15) is 0 Å². The Balaban J connectivity index is 2.78. The van der Waals surface area contributed by atoms with E-state index < -0.39 is 23.2 Å². The topological polar surface area (TPSA) is 150 Å². The molecular formula is C11H15N5O4S. The average Bonchev–Trinajstić information content (AvgIpc) is 2.38. The summed E-state index contributed by atoms with van der Waals surface area (Å²) < 4.78 is 4.79. The van der Waals surface area contributed by atoms with Crippen molar-refractivity contribution in [1.29, 1.82) is 0 Å². The molecule has 114 valence electrons. The highest BCUT2D eigenvalue weighted by molar-refractivity contribution is 8.00. The fourth-order valence-electron chi connectivity index (χ4n) is 1.24. The van der Waals surface area contributed by atoms with Crippen LogP contribution in [0.3, 0.4) is 0 Å². The van der Waals surface area contributed by atoms with Crippen LogP contribution in [0.5, 0.6) is 0 Å². The zero-order valence-electron chi connectivity index (χ0n) is 11.5. The molecule has 5 N–H and O–H groups in total. The number of hydrogen-bond donors (Lipinski definition) is 3. The Labute approximate surface area is 124 Å². The number of carbonyl (C=O) groups excluding carboxylic acids is 3. The van der Waals surface area contributed by atoms with E-state index in [1.807, 2.05) is 5.32 Å². The van der Waals surface area contributed by atoms with Crippen LogP contribution in [0.15, 0.2) is 11.4 Å². The molecule has 10 heteroatoms. The summed E-state index contributed by atoms with van der Waals surface area (Å²) in [7, 11) is 0. The molecule has 1 aromatic heterocycles. The number of ether oxygens (including phenoxy) is 1. The Kier molecular flexibility index (Phi) is 5.91. The monoisotopic (exact) mass is 313 g/mol. The van der Waals surface area contributed by atoms with Crippen LogP contribution in [0.1, 0.15) is 24.2 Å². The van der Waals surface area contributed by atoms with Crippen molar-refractivity contribution in [3.63, 3.8) is 0 Å². The Morgan fingerprint density at radius 2 is 2.14 bits per heavy atom. The molecule has 0 aliphatic rings. The summed E-state index contributed by atoms with van der Waals surface area (Å²) >= 11 is 0.967. The van der Waals surface area contributed by atoms with E-state index >= 15 is 0 Å². The molecule has 0 aliphatic carbocycles. The Bertz CT molecular complexity index is 566. The van der Waals surface area contributed by atoms with Crippen LogP contribution >= 0.6 is 11.8 Å². The van der Waals surface area contributed by atoms with E-state index in [-0.39, 0.29) is 23.1 Å². The van der Waals surface area contributed by atoms with Crippen LogP contribution in [0.25, 0.3) is 0 Å². The lowest BCUT2D eigenvalue weighted by Gasteiger charge is -2.10. The number of esters is 1. The van der Waals surface area contributed by atoms with Gasteiger partial charge in [-0.05, 0) is 13.8 Å². The molecule has 0 unspecified atom stereocenters. The minimum absolute atomic E-state index is 0.0477. The van der Waals surface area contributed by atoms with Crippen molar-refractivity contribution >= 4 is 35.5 Å². The molecule has 3 amide bonds. The van der Waals surface area contributed by atoms with Crippen LogP contribution < -0.4 is 16.8 Å². The van der Waals surface area contributed by atoms with Gasteiger partial charge >= 0.3 is 12.0 Å². The zero-order valence-corrected chi connectivity index (χ0v) is 12.3. The number of urea groups is 1. The van der Waals surface area contributed by atoms with E-state index in [0.29, 0.717) is 0 Å². The summed E-state index contributed by atoms with van der Waals surface area (Å²) in [6.45, 7) is 3.42. The van der Waals surface area contributed by atoms with Gasteiger partial charge in [-0.3, -0.25) is 10.1 Å². The van der Waals surface area contributed by atoms with Gasteiger partial charge in [0, 0.05) is 6.20 Å². The van der Waals surface area contributed by atoms with Crippen molar-refractivity contribution in [1.82, 2.24) is 15.3 Å². The van der Waals surface area contributed by atoms with Gasteiger partial charge in [-0.15, -0.1) is 0 Å². The van der Waals surface area contributed by atoms with Crippen molar-refractivity contribution < 1.29 is 19.1 Å². The van der Waals surface area contributed by atoms with Crippen molar-refractivity contribution in [3.8, 4) is 0 Å². The Morgan fingerprint density at radius 1 is 1.48 bits per heavy atom. The van der Waals surface area contributed by atoms with Crippen molar-refractivity contribution in [2.45, 2.75) is 24.3 Å². The van der Waals surface area contributed by atoms with Gasteiger partial charge in [0.25, 0.3) is 0 Å². The molecule has 1 atom stereocenters. The highest BCUT2D eigenvalue weighted by Gasteiger charge is 2.19. The van der Waals surface area contributed by atoms with Gasteiger partial charge < -0.3 is 16.2 Å². The van der Waals surface area contributed by atoms with Gasteiger partial charge in [0.1, 0.15) is 11.4 Å². The molecule has 0 spiro atoms. The lowest BCUT2D eigenvalue weighted by atomic mass is 10.3. The number of nitrogen functional groups attached to an aromatic ring is 1. The minimum atomic E-state index is -0.939. The predicted octanol–water partition coefficient (Wildman–Crippen LogP) is -0.0890. The predicted molar refractivity (Wildman–Crippen MR) is 75.4 cm³/mol. The fraction of sp³-hybridized carbons (Fsp3) is 0.364. The lowest BCUT2D eigenvalue weighted by molar-refractivity contribution is -0.119. The number of thioether (sulfide) groups is 1. The van der Waals surface area contributed by atoms with E-state index in [1.165, 1.54) is 6.20 Å². The fourth-order valence-corrected chi connectivity index (χ4v) is 1.98. The second-order valence-corrected chi connectivity index (χ2v) is 5.09. The first-order chi connectivity index (χ1) is 9.85. The third-order valence-corrected chi connectivity index (χ3v) is 3.16. The number of anilines is 1. The largest absolute Gasteiger partial charge is 0.462 e. The third-order valence-electron chi connectivity index (χ3n) is 2.19. The second-order valence-electron chi connectivity index (χ2n) is 3.79. The summed E-state index contributed by atoms with van der Waals surface area (Å²) in [4.78, 5) is 41.4. The van der Waals surface area contributed by atoms with Crippen LogP contribution in [0.2, 0.25) is 0 Å². The van der Waals surface area contributed by atoms with E-state index in [4.69, 9.17) is 16.2 Å². The summed E-state index contributed by atoms with van der Waals surface area (Å²) in [5.41, 5.74) is 10.5. The molecule has 1 rings (SSSR count). The number of nitrogens with one attached hydrogen (secondary N) is 1. The number of carbonyl (C=O) groups is 3. The van der Waals surface area contributed by atoms with Crippen LogP contribution in [-0.4, -0.2) is 39.7 Å². The molecule has 0 aliphatic heterocycles. The standard InChI is InChI=1S/C11H15N5O4S/c1-3-20-9(18)6-4-14-11(15-7(6)12)21-5(2)8(17)16-10(13)19/h4-5H,3H2,1-2H3,(H2,12,14,15)(H3,13,16,17,19)/t5-/m0/s1. The summed E-state index contributed by atoms with van der Waals surface area (Å²) in [6, 6.07) is -0.939. The van der Waals surface area contributed by atoms with Crippen LogP contribution in [0.4, 0.5) is 10.6 Å². The number of primary amides is 1. The SMILES string of the molecule is CCOC(=O)c1cnc(S[C@@H](C)C(=O)NC(N)=O)nc1N. The van der Waals surface area contributed by atoms with Crippen molar-refractivity contribution in [2.24, 2.45) is 5.73 Å². The Hall–Kier alpha value is -2.36. The molecule has 0 bridgehead atoms. The van der Waals surface area contributed by atoms with Gasteiger partial charge in [-0.1, -0.05) is 11.8 Å². The maximum Gasteiger partial charge on any atom is 0.343 e. The molecule has 1 heterocycles. The molecule has 1 aromatic rings. The normalized spacial score (nSPS) is 11.5. The molecule has 0 aromatic carbocycles. The van der Waals surface area contributed by atoms with Gasteiger partial charge in [0.15, 0.2) is 5.16 Å². The number of amides is 3. The first kappa shape index (κ1) is 16.7. The maximum absolute atomic E-state index is 11.5. The number of nitrogens with zero attached hydrogens (tertiary/aromatic N) is 2. The minimum Gasteiger partial charge on any atom is -0.462 e. The molecular weight excluding hydrogens is 298 g/mol. The van der Waals surface area contributed by atoms with Gasteiger partial charge in [0.2, 0.25) is 5.91 Å². The molecule has 0 saturated heterocycles. The Morgan fingerprint density at radius 3 is 2.67 bits per heavy atom. The number of imide groups is 1. The summed E-state index contributed by atoms with van der Waals surface area (Å²) in [5.74, 6) is -1.25. The number of hydrogen-bond acceptors (Lipinski definition) is 8. The van der Waals surface area contributed by atoms with E-state index in [2.05, 4.69) is 9.97 Å². The number of aromatic nitrogens is 2. The quantitative estimate of drug-likeness (QED) is 0.387. The lowest BCUT2D eigenvalue weighted by Crippen LogP contribution is -2.39. The van der Waals surface area contributed by atoms with Gasteiger partial charge in [0.05, 0.1) is 11.9 Å². The van der Waals surface area contributed by atoms with Crippen molar-refractivity contribution in [3.05, 3.63) is 11.8 Å². The maximum atomic E-state index is 11.5. The third kappa shape index (κ3) is 4.91. The number of nitrogens with two attached hydrogens (primary N) is 2. The van der Waals surface area contributed by atoms with Crippen LogP contribution in [0, 0.1) is 0 Å². The van der Waals surface area contributed by atoms with Crippen molar-refractivity contribution in [2.75, 3.05) is 12.3 Å². The second kappa shape index (κ2) is 7.43. The van der Waals surface area contributed by atoms with E-state index in [1.54, 1.807) is 13.8 Å². The van der Waals surface area contributed by atoms with E-state index in [9.17, 15) is 14.4 Å². The molecule has 9 nitrogen and oxygen atoms in total. The molecule has 0 fully saturated rings. The van der Waals surface area contributed by atoms with E-state index in [0.717, 1.165) is 11.8 Å². The first-order valence-corrected chi connectivity index (χ1v) is 6.79. The highest BCUT2D eigenvalue weighted by atomic mass is 32.2. The number of rotatable bonds is 5. The molecule has 21 heavy (non-hydrogen) atoms. The summed E-state index contributed by atoms with van der Waals surface area (Å²) in [5, 5.41) is 1.47. The zero-order chi connectivity index (χ0) is 16.0. The highest BCUT2D eigenvalue weighted by Crippen LogP contribution is 2.21. The summed E-state index contributed by atoms with van der Waals surface area (Å²) in [6.07, 6.45) is 1.22.